The molecule has 41 heavy (non-hydrogen) atoms. The Kier molecular flexibility index (Phi) is 11.2. The molecule has 0 fully saturated rings. The van der Waals surface area contributed by atoms with Crippen molar-refractivity contribution in [2.24, 2.45) is 11.8 Å². The van der Waals surface area contributed by atoms with Crippen LogP contribution in [0.2, 0.25) is 0 Å². The van der Waals surface area contributed by atoms with Gasteiger partial charge in [-0.15, -0.1) is 0 Å². The predicted octanol–water partition coefficient (Wildman–Crippen LogP) is 3.26. The SMILES string of the molecule is CC(C)COC(=O)COc1ccc(C(=O)CN2Cc3cc(C(=O)NS)ccc3C2=O)cc1OCC(=O)OCC(C)C. The van der Waals surface area contributed by atoms with E-state index in [1.54, 1.807) is 12.1 Å². The number of fused-ring (bicyclic) bond motifs is 1. The molecule has 0 aromatic heterocycles. The maximum atomic E-state index is 13.2. The van der Waals surface area contributed by atoms with Gasteiger partial charge in [0.15, 0.2) is 30.5 Å². The van der Waals surface area contributed by atoms with Crippen LogP contribution in [0.3, 0.4) is 0 Å². The summed E-state index contributed by atoms with van der Waals surface area (Å²) in [5.41, 5.74) is 1.57. The van der Waals surface area contributed by atoms with Gasteiger partial charge in [-0.1, -0.05) is 40.5 Å². The van der Waals surface area contributed by atoms with Crippen molar-refractivity contribution in [1.29, 1.82) is 0 Å². The first-order valence-corrected chi connectivity index (χ1v) is 13.5. The monoisotopic (exact) mass is 586 g/mol. The summed E-state index contributed by atoms with van der Waals surface area (Å²) in [7, 11) is 0. The first kappa shape index (κ1) is 31.5. The molecular formula is C29H34N2O9S. The van der Waals surface area contributed by atoms with E-state index < -0.39 is 36.8 Å². The summed E-state index contributed by atoms with van der Waals surface area (Å²) in [5.74, 6) is -1.86. The minimum absolute atomic E-state index is 0.0486. The Balaban J connectivity index is 1.73. The van der Waals surface area contributed by atoms with Gasteiger partial charge < -0.3 is 23.8 Å². The number of esters is 2. The van der Waals surface area contributed by atoms with Crippen LogP contribution in [0, 0.1) is 11.8 Å². The van der Waals surface area contributed by atoms with Crippen molar-refractivity contribution >= 4 is 42.4 Å². The number of carbonyl (C=O) groups is 5. The molecule has 1 aliphatic rings. The molecule has 1 N–H and O–H groups in total. The molecule has 0 atom stereocenters. The Morgan fingerprint density at radius 3 is 2.02 bits per heavy atom. The van der Waals surface area contributed by atoms with Gasteiger partial charge in [-0.25, -0.2) is 9.59 Å². The highest BCUT2D eigenvalue weighted by atomic mass is 32.1. The van der Waals surface area contributed by atoms with Crippen molar-refractivity contribution in [3.05, 3.63) is 58.7 Å². The lowest BCUT2D eigenvalue weighted by molar-refractivity contribution is -0.148. The fourth-order valence-electron chi connectivity index (χ4n) is 3.77. The average molecular weight is 587 g/mol. The molecule has 0 aliphatic carbocycles. The van der Waals surface area contributed by atoms with E-state index in [1.807, 2.05) is 27.7 Å². The van der Waals surface area contributed by atoms with E-state index in [1.165, 1.54) is 29.2 Å². The third-order valence-corrected chi connectivity index (χ3v) is 6.00. The zero-order valence-electron chi connectivity index (χ0n) is 23.4. The number of rotatable bonds is 14. The Morgan fingerprint density at radius 1 is 0.854 bits per heavy atom. The lowest BCUT2D eigenvalue weighted by atomic mass is 10.1. The van der Waals surface area contributed by atoms with Crippen LogP contribution >= 0.6 is 12.8 Å². The lowest BCUT2D eigenvalue weighted by Crippen LogP contribution is -2.30. The summed E-state index contributed by atoms with van der Waals surface area (Å²) in [5, 5.41) is 0. The molecule has 0 spiro atoms. The number of benzene rings is 2. The van der Waals surface area contributed by atoms with Gasteiger partial charge in [0.2, 0.25) is 0 Å². The van der Waals surface area contributed by atoms with Gasteiger partial charge >= 0.3 is 11.9 Å². The van der Waals surface area contributed by atoms with Crippen molar-refractivity contribution in [3.63, 3.8) is 0 Å². The number of carbonyl (C=O) groups excluding carboxylic acids is 5. The van der Waals surface area contributed by atoms with Gasteiger partial charge in [0, 0.05) is 23.2 Å². The van der Waals surface area contributed by atoms with E-state index in [9.17, 15) is 24.0 Å². The number of hydrogen-bond donors (Lipinski definition) is 2. The molecule has 0 unspecified atom stereocenters. The standard InChI is InChI=1S/C29H34N2O9S/c1-17(2)13-39-26(33)15-37-24-8-6-19(10-25(24)38-16-27(34)40-14-18(3)4)23(32)12-31-11-21-9-20(28(35)30-41)5-7-22(21)29(31)36/h5-10,17-18,41H,11-16H2,1-4H3,(H,30,35). The maximum absolute atomic E-state index is 13.2. The highest BCUT2D eigenvalue weighted by Crippen LogP contribution is 2.30. The molecule has 0 bridgehead atoms. The normalized spacial score (nSPS) is 12.3. The Hall–Kier alpha value is -4.06. The zero-order valence-corrected chi connectivity index (χ0v) is 24.3. The van der Waals surface area contributed by atoms with Crippen molar-refractivity contribution in [2.75, 3.05) is 33.0 Å². The van der Waals surface area contributed by atoms with Crippen molar-refractivity contribution in [3.8, 4) is 11.5 Å². The van der Waals surface area contributed by atoms with Crippen LogP contribution in [0.25, 0.3) is 0 Å². The Bertz CT molecular complexity index is 1310. The topological polar surface area (TPSA) is 138 Å². The van der Waals surface area contributed by atoms with Gasteiger partial charge in [-0.2, -0.15) is 0 Å². The van der Waals surface area contributed by atoms with Crippen LogP contribution in [0.1, 0.15) is 64.3 Å². The number of Topliss-reactive ketones (excluding diaryl/α,β-unsaturated/α-hetero) is 1. The highest BCUT2D eigenvalue weighted by molar-refractivity contribution is 7.78. The van der Waals surface area contributed by atoms with E-state index >= 15 is 0 Å². The van der Waals surface area contributed by atoms with Crippen LogP contribution in [0.5, 0.6) is 11.5 Å². The molecule has 2 aromatic carbocycles. The second-order valence-corrected chi connectivity index (χ2v) is 10.5. The smallest absolute Gasteiger partial charge is 0.344 e. The third-order valence-electron chi connectivity index (χ3n) is 5.79. The van der Waals surface area contributed by atoms with Crippen LogP contribution in [-0.4, -0.2) is 67.4 Å². The molecule has 1 aliphatic heterocycles. The number of ketones is 1. The molecule has 2 aromatic rings. The number of ether oxygens (including phenoxy) is 4. The first-order chi connectivity index (χ1) is 19.5. The Morgan fingerprint density at radius 2 is 1.44 bits per heavy atom. The van der Waals surface area contributed by atoms with Crippen LogP contribution in [0.4, 0.5) is 0 Å². The molecule has 2 amide bonds. The molecule has 1 heterocycles. The number of amides is 2. The molecular weight excluding hydrogens is 552 g/mol. The zero-order chi connectivity index (χ0) is 30.1. The molecule has 0 saturated heterocycles. The summed E-state index contributed by atoms with van der Waals surface area (Å²) >= 11 is 3.76. The maximum Gasteiger partial charge on any atom is 0.344 e. The summed E-state index contributed by atoms with van der Waals surface area (Å²) < 4.78 is 23.7. The second-order valence-electron chi connectivity index (χ2n) is 10.3. The summed E-state index contributed by atoms with van der Waals surface area (Å²) in [6, 6.07) is 8.95. The lowest BCUT2D eigenvalue weighted by Gasteiger charge is -2.17. The van der Waals surface area contributed by atoms with Gasteiger partial charge in [-0.3, -0.25) is 19.1 Å². The number of nitrogens with zero attached hydrogens (tertiary/aromatic N) is 1. The minimum atomic E-state index is -0.607. The van der Waals surface area contributed by atoms with Crippen LogP contribution < -0.4 is 14.2 Å². The van der Waals surface area contributed by atoms with Crippen molar-refractivity contribution < 1.29 is 42.9 Å². The molecule has 3 rings (SSSR count). The van der Waals surface area contributed by atoms with Gasteiger partial charge in [-0.05, 0) is 53.8 Å². The minimum Gasteiger partial charge on any atom is -0.478 e. The molecule has 220 valence electrons. The largest absolute Gasteiger partial charge is 0.478 e. The number of hydrogen-bond acceptors (Lipinski definition) is 10. The number of nitrogens with one attached hydrogen (secondary N) is 1. The predicted molar refractivity (Wildman–Crippen MR) is 151 cm³/mol. The summed E-state index contributed by atoms with van der Waals surface area (Å²) in [4.78, 5) is 63.5. The van der Waals surface area contributed by atoms with Gasteiger partial charge in [0.05, 0.1) is 19.8 Å². The summed E-state index contributed by atoms with van der Waals surface area (Å²) in [6.45, 7) is 7.13. The summed E-state index contributed by atoms with van der Waals surface area (Å²) in [6.07, 6.45) is 0. The molecule has 0 saturated carbocycles. The van der Waals surface area contributed by atoms with E-state index in [-0.39, 0.29) is 61.1 Å². The van der Waals surface area contributed by atoms with Crippen LogP contribution in [0.15, 0.2) is 36.4 Å². The third kappa shape index (κ3) is 8.97. The second kappa shape index (κ2) is 14.5. The molecule has 12 heteroatoms. The number of thiol groups is 1. The quantitative estimate of drug-likeness (QED) is 0.194. The van der Waals surface area contributed by atoms with E-state index in [0.29, 0.717) is 16.7 Å². The van der Waals surface area contributed by atoms with Gasteiger partial charge in [0.25, 0.3) is 11.8 Å². The highest BCUT2D eigenvalue weighted by Gasteiger charge is 2.30. The van der Waals surface area contributed by atoms with E-state index in [0.717, 1.165) is 0 Å². The first-order valence-electron chi connectivity index (χ1n) is 13.1. The molecule has 0 radical (unpaired) electrons. The van der Waals surface area contributed by atoms with Crippen molar-refractivity contribution in [1.82, 2.24) is 9.62 Å². The average Bonchev–Trinajstić information content (AvgIpc) is 3.26. The van der Waals surface area contributed by atoms with E-state index in [4.69, 9.17) is 18.9 Å². The molecule has 11 nitrogen and oxygen atoms in total. The van der Waals surface area contributed by atoms with E-state index in [2.05, 4.69) is 17.5 Å². The van der Waals surface area contributed by atoms with Crippen molar-refractivity contribution in [2.45, 2.75) is 34.2 Å². The fraction of sp³-hybridized carbons (Fsp3) is 0.414. The van der Waals surface area contributed by atoms with Crippen LogP contribution in [-0.2, 0) is 25.6 Å². The fourth-order valence-corrected chi connectivity index (χ4v) is 3.90. The Labute approximate surface area is 244 Å². The van der Waals surface area contributed by atoms with Gasteiger partial charge in [0.1, 0.15) is 0 Å².